The summed E-state index contributed by atoms with van der Waals surface area (Å²) in [7, 11) is 0.758. The molecule has 0 saturated carbocycles. The molecule has 8 rings (SSSR count). The first-order valence-electron chi connectivity index (χ1n) is 16.6. The molecule has 3 heteroatoms. The van der Waals surface area contributed by atoms with Crippen molar-refractivity contribution < 1.29 is 8.83 Å². The SMILES string of the molecule is Cc1ccc(-c2cccc3c2C=C(c2ccc(C)o2)C3C[Si]CC2C(c3ccc(C)o3)=Cc3c(-c4ccc(C)cc4)cccc32)cc1. The number of furan rings is 2. The fourth-order valence-corrected chi connectivity index (χ4v) is 9.01. The molecular formula is C44H38O2Si. The predicted molar refractivity (Wildman–Crippen MR) is 197 cm³/mol. The Bertz CT molecular complexity index is 2000. The van der Waals surface area contributed by atoms with E-state index in [1.807, 2.05) is 13.8 Å². The molecule has 2 aliphatic rings. The highest BCUT2D eigenvalue weighted by Crippen LogP contribution is 2.50. The molecule has 0 spiro atoms. The average Bonchev–Trinajstić information content (AvgIpc) is 3.87. The van der Waals surface area contributed by atoms with Crippen LogP contribution in [0.1, 0.15) is 68.3 Å². The maximum absolute atomic E-state index is 6.27. The van der Waals surface area contributed by atoms with Gasteiger partial charge in [0.2, 0.25) is 0 Å². The van der Waals surface area contributed by atoms with Crippen molar-refractivity contribution in [1.82, 2.24) is 0 Å². The molecule has 2 radical (unpaired) electrons. The van der Waals surface area contributed by atoms with Gasteiger partial charge in [-0.15, -0.1) is 0 Å². The van der Waals surface area contributed by atoms with E-state index in [4.69, 9.17) is 8.83 Å². The second-order valence-corrected chi connectivity index (χ2v) is 14.4. The van der Waals surface area contributed by atoms with Crippen molar-refractivity contribution in [2.45, 2.75) is 51.6 Å². The summed E-state index contributed by atoms with van der Waals surface area (Å²) in [6, 6.07) is 42.1. The molecule has 2 heterocycles. The van der Waals surface area contributed by atoms with Crippen molar-refractivity contribution in [3.63, 3.8) is 0 Å². The maximum atomic E-state index is 6.27. The van der Waals surface area contributed by atoms with Gasteiger partial charge in [-0.2, -0.15) is 0 Å². The van der Waals surface area contributed by atoms with Crippen LogP contribution < -0.4 is 0 Å². The summed E-state index contributed by atoms with van der Waals surface area (Å²) >= 11 is 0. The molecule has 2 atom stereocenters. The number of hydrogen-bond donors (Lipinski definition) is 0. The van der Waals surface area contributed by atoms with Crippen molar-refractivity contribution in [3.05, 3.63) is 166 Å². The first-order chi connectivity index (χ1) is 22.9. The van der Waals surface area contributed by atoms with Gasteiger partial charge in [-0.3, -0.25) is 0 Å². The Balaban J connectivity index is 1.13. The third kappa shape index (κ3) is 5.49. The number of aryl methyl sites for hydroxylation is 4. The van der Waals surface area contributed by atoms with E-state index in [0.29, 0.717) is 0 Å². The van der Waals surface area contributed by atoms with E-state index in [0.717, 1.165) is 44.6 Å². The third-order valence-corrected chi connectivity index (χ3v) is 11.2. The number of fused-ring (bicyclic) bond motifs is 2. The lowest BCUT2D eigenvalue weighted by molar-refractivity contribution is 0.518. The second kappa shape index (κ2) is 12.1. The fourth-order valence-electron chi connectivity index (χ4n) is 7.39. The summed E-state index contributed by atoms with van der Waals surface area (Å²) in [4.78, 5) is 0. The van der Waals surface area contributed by atoms with Gasteiger partial charge in [0.1, 0.15) is 23.0 Å². The molecule has 2 unspecified atom stereocenters. The Morgan fingerprint density at radius 3 is 1.30 bits per heavy atom. The summed E-state index contributed by atoms with van der Waals surface area (Å²) < 4.78 is 12.5. The van der Waals surface area contributed by atoms with Gasteiger partial charge in [0.15, 0.2) is 0 Å². The number of benzene rings is 4. The molecule has 0 fully saturated rings. The topological polar surface area (TPSA) is 26.3 Å². The van der Waals surface area contributed by atoms with Crippen LogP contribution in [0.5, 0.6) is 0 Å². The van der Waals surface area contributed by atoms with Crippen molar-refractivity contribution >= 4 is 32.8 Å². The third-order valence-electron chi connectivity index (χ3n) is 9.85. The van der Waals surface area contributed by atoms with Crippen LogP contribution >= 0.6 is 0 Å². The minimum absolute atomic E-state index is 0.289. The Labute approximate surface area is 280 Å². The molecule has 0 aliphatic heterocycles. The van der Waals surface area contributed by atoms with Crippen LogP contribution in [0.25, 0.3) is 45.6 Å². The molecule has 0 amide bonds. The standard InChI is InChI=1S/C44H38O2Si/c1-27-11-17-31(18-12-27)33-7-5-9-35-37(33)23-39(43-21-15-29(3)45-43)41(35)25-47-26-42-36-10-6-8-34(32-19-13-28(2)14-20-32)38(36)24-40(42)44-22-16-30(4)46-44/h5-24,41-42H,25-26H2,1-4H3. The van der Waals surface area contributed by atoms with E-state index in [2.05, 4.69) is 135 Å². The predicted octanol–water partition coefficient (Wildman–Crippen LogP) is 12.0. The number of hydrogen-bond acceptors (Lipinski definition) is 2. The number of allylic oxidation sites excluding steroid dienone is 2. The summed E-state index contributed by atoms with van der Waals surface area (Å²) in [6.07, 6.45) is 4.79. The van der Waals surface area contributed by atoms with E-state index in [1.165, 1.54) is 66.8 Å². The molecule has 0 N–H and O–H groups in total. The second-order valence-electron chi connectivity index (χ2n) is 13.1. The monoisotopic (exact) mass is 626 g/mol. The Kier molecular flexibility index (Phi) is 7.58. The Morgan fingerprint density at radius 1 is 0.489 bits per heavy atom. The van der Waals surface area contributed by atoms with Crippen LogP contribution in [-0.2, 0) is 0 Å². The molecule has 0 bridgehead atoms. The van der Waals surface area contributed by atoms with Gasteiger partial charge in [-0.05, 0) is 121 Å². The van der Waals surface area contributed by atoms with Crippen molar-refractivity contribution in [2.24, 2.45) is 0 Å². The fraction of sp³-hybridized carbons (Fsp3) is 0.182. The zero-order valence-corrected chi connectivity index (χ0v) is 28.4. The molecule has 2 nitrogen and oxygen atoms in total. The van der Waals surface area contributed by atoms with Crippen LogP contribution in [0.4, 0.5) is 0 Å². The molecule has 0 saturated heterocycles. The van der Waals surface area contributed by atoms with Crippen LogP contribution in [0, 0.1) is 27.7 Å². The quantitative estimate of drug-likeness (QED) is 0.157. The number of rotatable bonds is 8. The summed E-state index contributed by atoms with van der Waals surface area (Å²) in [6.45, 7) is 8.36. The van der Waals surface area contributed by atoms with Crippen molar-refractivity contribution in [2.75, 3.05) is 0 Å². The van der Waals surface area contributed by atoms with Crippen LogP contribution in [0.2, 0.25) is 12.1 Å². The van der Waals surface area contributed by atoms with Crippen LogP contribution in [0.3, 0.4) is 0 Å². The summed E-state index contributed by atoms with van der Waals surface area (Å²) in [5.41, 5.74) is 15.7. The van der Waals surface area contributed by atoms with Gasteiger partial charge in [0, 0.05) is 32.5 Å². The van der Waals surface area contributed by atoms with Gasteiger partial charge in [-0.1, -0.05) is 96.1 Å². The highest BCUT2D eigenvalue weighted by atomic mass is 28.2. The van der Waals surface area contributed by atoms with Gasteiger partial charge in [0.25, 0.3) is 0 Å². The zero-order valence-electron chi connectivity index (χ0n) is 27.4. The molecule has 47 heavy (non-hydrogen) atoms. The zero-order chi connectivity index (χ0) is 32.1. The lowest BCUT2D eigenvalue weighted by atomic mass is 9.92. The van der Waals surface area contributed by atoms with E-state index >= 15 is 0 Å². The molecule has 230 valence electrons. The van der Waals surface area contributed by atoms with Gasteiger partial charge in [0.05, 0.1) is 0 Å². The molecule has 6 aromatic rings. The summed E-state index contributed by atoms with van der Waals surface area (Å²) in [5, 5.41) is 0. The average molecular weight is 627 g/mol. The van der Waals surface area contributed by atoms with Crippen LogP contribution in [-0.4, -0.2) is 9.52 Å². The summed E-state index contributed by atoms with van der Waals surface area (Å²) in [5.74, 6) is 4.46. The smallest absolute Gasteiger partial charge is 0.130 e. The van der Waals surface area contributed by atoms with E-state index in [9.17, 15) is 0 Å². The highest BCUT2D eigenvalue weighted by Gasteiger charge is 2.33. The Hall–Kier alpha value is -4.86. The molecule has 2 aromatic heterocycles. The Morgan fingerprint density at radius 2 is 0.915 bits per heavy atom. The first kappa shape index (κ1) is 29.5. The van der Waals surface area contributed by atoms with E-state index in [1.54, 1.807) is 0 Å². The van der Waals surface area contributed by atoms with Gasteiger partial charge >= 0.3 is 0 Å². The molecular weight excluding hydrogens is 589 g/mol. The molecule has 2 aliphatic carbocycles. The van der Waals surface area contributed by atoms with E-state index < -0.39 is 0 Å². The molecule has 4 aromatic carbocycles. The van der Waals surface area contributed by atoms with Crippen molar-refractivity contribution in [3.8, 4) is 22.3 Å². The van der Waals surface area contributed by atoms with Crippen LogP contribution in [0.15, 0.2) is 118 Å². The maximum Gasteiger partial charge on any atom is 0.130 e. The highest BCUT2D eigenvalue weighted by molar-refractivity contribution is 6.37. The largest absolute Gasteiger partial charge is 0.462 e. The minimum Gasteiger partial charge on any atom is -0.462 e. The van der Waals surface area contributed by atoms with Gasteiger partial charge < -0.3 is 8.83 Å². The van der Waals surface area contributed by atoms with Crippen molar-refractivity contribution in [1.29, 1.82) is 0 Å². The lowest BCUT2D eigenvalue weighted by Crippen LogP contribution is -2.07. The minimum atomic E-state index is 0.289. The van der Waals surface area contributed by atoms with Gasteiger partial charge in [-0.25, -0.2) is 0 Å². The lowest BCUT2D eigenvalue weighted by Gasteiger charge is -2.20. The normalized spacial score (nSPS) is 16.6. The first-order valence-corrected chi connectivity index (χ1v) is 18.0. The van der Waals surface area contributed by atoms with E-state index in [-0.39, 0.29) is 11.8 Å².